The van der Waals surface area contributed by atoms with Crippen LogP contribution in [0.5, 0.6) is 5.75 Å². The highest BCUT2D eigenvalue weighted by Crippen LogP contribution is 2.34. The number of ether oxygens (including phenoxy) is 1. The third kappa shape index (κ3) is 4.37. The number of amides is 1. The van der Waals surface area contributed by atoms with Gasteiger partial charge in [0.1, 0.15) is 11.6 Å². The van der Waals surface area contributed by atoms with Crippen molar-refractivity contribution < 1.29 is 22.3 Å². The average Bonchev–Trinajstić information content (AvgIpc) is 3.12. The lowest BCUT2D eigenvalue weighted by atomic mass is 10.1. The molecule has 6 nitrogen and oxygen atoms in total. The van der Waals surface area contributed by atoms with Gasteiger partial charge in [-0.05, 0) is 73.0 Å². The largest absolute Gasteiger partial charge is 0.497 e. The molecule has 1 atom stereocenters. The Balaban J connectivity index is 1.56. The highest BCUT2D eigenvalue weighted by Gasteiger charge is 2.31. The molecule has 0 fully saturated rings. The predicted molar refractivity (Wildman–Crippen MR) is 120 cm³/mol. The maximum atomic E-state index is 13.4. The molecule has 0 bridgehead atoms. The summed E-state index contributed by atoms with van der Waals surface area (Å²) in [7, 11) is -2.30. The molecular weight excluding hydrogens is 431 g/mol. The maximum Gasteiger partial charge on any atom is 0.258 e. The summed E-state index contributed by atoms with van der Waals surface area (Å²) < 4.78 is 46.1. The topological polar surface area (TPSA) is 75.7 Å². The van der Waals surface area contributed by atoms with E-state index in [0.717, 1.165) is 17.3 Å². The number of rotatable bonds is 6. The number of hydrogen-bond acceptors (Lipinski definition) is 4. The molecular formula is C24H23FN2O4S. The number of fused-ring (bicyclic) bond motifs is 1. The first-order valence-electron chi connectivity index (χ1n) is 10.1. The molecule has 166 valence electrons. The van der Waals surface area contributed by atoms with Crippen molar-refractivity contribution >= 4 is 21.6 Å². The first-order valence-corrected chi connectivity index (χ1v) is 11.6. The van der Waals surface area contributed by atoms with Crippen molar-refractivity contribution in [3.8, 4) is 5.75 Å². The van der Waals surface area contributed by atoms with Gasteiger partial charge < -0.3 is 9.64 Å². The van der Waals surface area contributed by atoms with Gasteiger partial charge in [-0.1, -0.05) is 18.2 Å². The van der Waals surface area contributed by atoms with Crippen LogP contribution in [0.15, 0.2) is 71.6 Å². The van der Waals surface area contributed by atoms with Gasteiger partial charge in [0.05, 0.1) is 12.0 Å². The highest BCUT2D eigenvalue weighted by molar-refractivity contribution is 7.89. The lowest BCUT2D eigenvalue weighted by molar-refractivity contribution is 0.0981. The number of sulfonamides is 1. The van der Waals surface area contributed by atoms with Gasteiger partial charge in [-0.15, -0.1) is 0 Å². The van der Waals surface area contributed by atoms with Crippen molar-refractivity contribution in [1.29, 1.82) is 0 Å². The Kier molecular flexibility index (Phi) is 5.99. The molecule has 4 rings (SSSR count). The monoisotopic (exact) mass is 454 g/mol. The van der Waals surface area contributed by atoms with Crippen LogP contribution >= 0.6 is 0 Å². The second kappa shape index (κ2) is 8.72. The van der Waals surface area contributed by atoms with E-state index in [4.69, 9.17) is 4.74 Å². The van der Waals surface area contributed by atoms with Crippen LogP contribution in [0.1, 0.15) is 28.4 Å². The molecule has 0 spiro atoms. The minimum absolute atomic E-state index is 0.0189. The molecule has 1 aliphatic heterocycles. The van der Waals surface area contributed by atoms with Gasteiger partial charge in [0, 0.05) is 23.8 Å². The van der Waals surface area contributed by atoms with Crippen molar-refractivity contribution in [2.75, 3.05) is 12.0 Å². The lowest BCUT2D eigenvalue weighted by Gasteiger charge is -2.23. The van der Waals surface area contributed by atoms with Crippen LogP contribution in [-0.2, 0) is 23.0 Å². The second-order valence-corrected chi connectivity index (χ2v) is 9.47. The Morgan fingerprint density at radius 1 is 1.12 bits per heavy atom. The molecule has 0 aromatic heterocycles. The number of anilines is 1. The first-order chi connectivity index (χ1) is 15.3. The van der Waals surface area contributed by atoms with Crippen molar-refractivity contribution in [3.63, 3.8) is 0 Å². The molecule has 8 heteroatoms. The van der Waals surface area contributed by atoms with Crippen LogP contribution in [0.4, 0.5) is 10.1 Å². The normalized spacial score (nSPS) is 15.5. The zero-order valence-electron chi connectivity index (χ0n) is 17.7. The van der Waals surface area contributed by atoms with Crippen LogP contribution in [0.25, 0.3) is 0 Å². The molecule has 0 unspecified atom stereocenters. The van der Waals surface area contributed by atoms with Gasteiger partial charge in [-0.3, -0.25) is 4.79 Å². The van der Waals surface area contributed by atoms with Gasteiger partial charge >= 0.3 is 0 Å². The summed E-state index contributed by atoms with van der Waals surface area (Å²) in [4.78, 5) is 14.8. The third-order valence-corrected chi connectivity index (χ3v) is 6.89. The molecule has 1 aliphatic rings. The van der Waals surface area contributed by atoms with E-state index in [0.29, 0.717) is 23.3 Å². The Bertz CT molecular complexity index is 1260. The van der Waals surface area contributed by atoms with E-state index < -0.39 is 15.8 Å². The van der Waals surface area contributed by atoms with Crippen LogP contribution in [0.2, 0.25) is 0 Å². The number of nitrogens with zero attached hydrogens (tertiary/aromatic N) is 1. The number of benzene rings is 3. The van der Waals surface area contributed by atoms with Crippen molar-refractivity contribution in [3.05, 3.63) is 89.2 Å². The summed E-state index contributed by atoms with van der Waals surface area (Å²) in [5.41, 5.74) is 3.03. The average molecular weight is 455 g/mol. The fraction of sp³-hybridized carbons (Fsp3) is 0.208. The summed E-state index contributed by atoms with van der Waals surface area (Å²) in [6.07, 6.45) is 0.715. The first kappa shape index (κ1) is 22.0. The number of carbonyl (C=O) groups is 1. The fourth-order valence-electron chi connectivity index (χ4n) is 3.84. The molecule has 1 N–H and O–H groups in total. The van der Waals surface area contributed by atoms with Gasteiger partial charge in [-0.25, -0.2) is 17.5 Å². The molecule has 0 saturated carbocycles. The molecule has 32 heavy (non-hydrogen) atoms. The van der Waals surface area contributed by atoms with E-state index in [-0.39, 0.29) is 23.4 Å². The van der Waals surface area contributed by atoms with E-state index >= 15 is 0 Å². The van der Waals surface area contributed by atoms with Crippen molar-refractivity contribution in [1.82, 2.24) is 4.72 Å². The van der Waals surface area contributed by atoms with E-state index in [1.54, 1.807) is 36.3 Å². The van der Waals surface area contributed by atoms with Crippen LogP contribution in [-0.4, -0.2) is 27.5 Å². The predicted octanol–water partition coefficient (Wildman–Crippen LogP) is 3.90. The lowest BCUT2D eigenvalue weighted by Crippen LogP contribution is -2.35. The summed E-state index contributed by atoms with van der Waals surface area (Å²) in [6, 6.07) is 17.3. The van der Waals surface area contributed by atoms with Gasteiger partial charge in [-0.2, -0.15) is 0 Å². The molecule has 1 amide bonds. The Morgan fingerprint density at radius 2 is 1.88 bits per heavy atom. The van der Waals surface area contributed by atoms with E-state index in [1.165, 1.54) is 18.2 Å². The fourth-order valence-corrected chi connectivity index (χ4v) is 4.89. The SMILES string of the molecule is COc1ccc(C(=O)N2c3cc(CNS(=O)(=O)c4cccc(F)c4)ccc3C[C@@H]2C)cc1. The number of hydrogen-bond donors (Lipinski definition) is 1. The van der Waals surface area contributed by atoms with Crippen LogP contribution in [0, 0.1) is 5.82 Å². The van der Waals surface area contributed by atoms with Crippen LogP contribution < -0.4 is 14.4 Å². The van der Waals surface area contributed by atoms with E-state index in [1.807, 2.05) is 25.1 Å². The highest BCUT2D eigenvalue weighted by atomic mass is 32.2. The summed E-state index contributed by atoms with van der Waals surface area (Å²) in [6.45, 7) is 2.00. The van der Waals surface area contributed by atoms with Gasteiger partial charge in [0.15, 0.2) is 0 Å². The molecule has 1 heterocycles. The molecule has 3 aromatic carbocycles. The minimum atomic E-state index is -3.87. The molecule has 3 aromatic rings. The van der Waals surface area contributed by atoms with Crippen LogP contribution in [0.3, 0.4) is 0 Å². The number of halogens is 1. The Labute approximate surface area is 186 Å². The zero-order valence-corrected chi connectivity index (χ0v) is 18.5. The second-order valence-electron chi connectivity index (χ2n) is 7.70. The minimum Gasteiger partial charge on any atom is -0.497 e. The van der Waals surface area contributed by atoms with Gasteiger partial charge in [0.25, 0.3) is 5.91 Å². The molecule has 0 saturated heterocycles. The third-order valence-electron chi connectivity index (χ3n) is 5.49. The molecule has 0 radical (unpaired) electrons. The van der Waals surface area contributed by atoms with Crippen molar-refractivity contribution in [2.45, 2.75) is 30.8 Å². The maximum absolute atomic E-state index is 13.4. The standard InChI is InChI=1S/C24H23FN2O4S/c1-16-12-19-7-6-17(15-26-32(29,30)22-5-3-4-20(25)14-22)13-23(19)27(16)24(28)18-8-10-21(31-2)11-9-18/h3-11,13-14,16,26H,12,15H2,1-2H3/t16-/m0/s1. The van der Waals surface area contributed by atoms with E-state index in [2.05, 4.69) is 4.72 Å². The zero-order chi connectivity index (χ0) is 22.9. The van der Waals surface area contributed by atoms with Crippen molar-refractivity contribution in [2.24, 2.45) is 0 Å². The molecule has 0 aliphatic carbocycles. The Hall–Kier alpha value is -3.23. The van der Waals surface area contributed by atoms with Gasteiger partial charge in [0.2, 0.25) is 10.0 Å². The number of carbonyl (C=O) groups excluding carboxylic acids is 1. The quantitative estimate of drug-likeness (QED) is 0.613. The Morgan fingerprint density at radius 3 is 2.56 bits per heavy atom. The summed E-state index contributed by atoms with van der Waals surface area (Å²) in [5, 5.41) is 0. The smallest absolute Gasteiger partial charge is 0.258 e. The summed E-state index contributed by atoms with van der Waals surface area (Å²) in [5.74, 6) is -0.0761. The summed E-state index contributed by atoms with van der Waals surface area (Å²) >= 11 is 0. The number of nitrogens with one attached hydrogen (secondary N) is 1. The van der Waals surface area contributed by atoms with E-state index in [9.17, 15) is 17.6 Å². The number of methoxy groups -OCH3 is 1.